The summed E-state index contributed by atoms with van der Waals surface area (Å²) in [5, 5.41) is 6.36. The minimum atomic E-state index is -2.83. The molecule has 4 rings (SSSR count). The third kappa shape index (κ3) is 3.56. The van der Waals surface area contributed by atoms with Gasteiger partial charge in [0, 0.05) is 5.56 Å². The lowest BCUT2D eigenvalue weighted by Gasteiger charge is -2.09. The Labute approximate surface area is 163 Å². The number of aryl methyl sites for hydroxylation is 1. The average Bonchev–Trinajstić information content (AvgIpc) is 3.14. The van der Waals surface area contributed by atoms with Crippen molar-refractivity contribution in [3.8, 4) is 11.3 Å². The largest absolute Gasteiger partial charge is 0.319 e. The monoisotopic (exact) mass is 396 g/mol. The van der Waals surface area contributed by atoms with Crippen LogP contribution in [0.2, 0.25) is 0 Å². The fourth-order valence-electron chi connectivity index (χ4n) is 2.98. The number of benzene rings is 2. The van der Waals surface area contributed by atoms with E-state index in [0.717, 1.165) is 16.3 Å². The first-order valence-electron chi connectivity index (χ1n) is 8.74. The molecule has 0 aliphatic heterocycles. The number of halogens is 3. The van der Waals surface area contributed by atoms with Crippen molar-refractivity contribution in [3.05, 3.63) is 83.4 Å². The molecule has 0 fully saturated rings. The number of hydrogen-bond acceptors (Lipinski definition) is 3. The first-order valence-corrected chi connectivity index (χ1v) is 8.74. The van der Waals surface area contributed by atoms with Crippen LogP contribution in [-0.2, 0) is 0 Å². The van der Waals surface area contributed by atoms with E-state index in [0.29, 0.717) is 5.56 Å². The van der Waals surface area contributed by atoms with Crippen LogP contribution in [0.15, 0.2) is 60.8 Å². The molecule has 0 radical (unpaired) electrons. The van der Waals surface area contributed by atoms with E-state index in [-0.39, 0.29) is 22.6 Å². The van der Waals surface area contributed by atoms with Crippen molar-refractivity contribution in [3.63, 3.8) is 0 Å². The van der Waals surface area contributed by atoms with Gasteiger partial charge in [0.15, 0.2) is 5.65 Å². The van der Waals surface area contributed by atoms with Crippen LogP contribution in [0, 0.1) is 12.7 Å². The summed E-state index contributed by atoms with van der Waals surface area (Å²) in [6.07, 6.45) is -1.68. The summed E-state index contributed by atoms with van der Waals surface area (Å²) in [4.78, 5) is 17.1. The molecule has 1 N–H and O–H groups in total. The minimum absolute atomic E-state index is 0.0114. The Morgan fingerprint density at radius 1 is 1.10 bits per heavy atom. The highest BCUT2D eigenvalue weighted by atomic mass is 19.3. The highest BCUT2D eigenvalue weighted by molar-refractivity contribution is 6.08. The Morgan fingerprint density at radius 2 is 1.86 bits per heavy atom. The fraction of sp³-hybridized carbons (Fsp3) is 0.0952. The van der Waals surface area contributed by atoms with Crippen molar-refractivity contribution in [2.45, 2.75) is 13.3 Å². The summed E-state index contributed by atoms with van der Waals surface area (Å²) in [6, 6.07) is 14.3. The number of fused-ring (bicyclic) bond motifs is 1. The van der Waals surface area contributed by atoms with Gasteiger partial charge >= 0.3 is 0 Å². The molecule has 146 valence electrons. The van der Waals surface area contributed by atoms with Crippen LogP contribution in [0.5, 0.6) is 0 Å². The molecular weight excluding hydrogens is 381 g/mol. The van der Waals surface area contributed by atoms with Crippen molar-refractivity contribution in [2.75, 3.05) is 5.32 Å². The molecule has 0 saturated heterocycles. The minimum Gasteiger partial charge on any atom is -0.319 e. The molecular formula is C21H15F3N4O. The number of carbonyl (C=O) groups is 1. The summed E-state index contributed by atoms with van der Waals surface area (Å²) in [6.45, 7) is 1.76. The van der Waals surface area contributed by atoms with E-state index in [1.54, 1.807) is 43.3 Å². The Hall–Kier alpha value is -3.68. The molecule has 2 aromatic carbocycles. The Morgan fingerprint density at radius 3 is 2.59 bits per heavy atom. The predicted octanol–water partition coefficient (Wildman–Crippen LogP) is 5.03. The summed E-state index contributed by atoms with van der Waals surface area (Å²) < 4.78 is 42.1. The zero-order chi connectivity index (χ0) is 20.5. The summed E-state index contributed by atoms with van der Waals surface area (Å²) in [7, 11) is 0. The second-order valence-electron chi connectivity index (χ2n) is 6.46. The zero-order valence-corrected chi connectivity index (χ0v) is 15.2. The van der Waals surface area contributed by atoms with Crippen LogP contribution < -0.4 is 5.32 Å². The Balaban J connectivity index is 1.82. The maximum Gasteiger partial charge on any atom is 0.280 e. The zero-order valence-electron chi connectivity index (χ0n) is 15.2. The van der Waals surface area contributed by atoms with Gasteiger partial charge in [-0.15, -0.1) is 0 Å². The molecule has 2 aromatic heterocycles. The molecule has 0 spiro atoms. The van der Waals surface area contributed by atoms with Gasteiger partial charge in [-0.05, 0) is 30.7 Å². The van der Waals surface area contributed by atoms with E-state index in [2.05, 4.69) is 15.4 Å². The van der Waals surface area contributed by atoms with E-state index >= 15 is 0 Å². The second-order valence-corrected chi connectivity index (χ2v) is 6.46. The van der Waals surface area contributed by atoms with Gasteiger partial charge in [-0.2, -0.15) is 5.10 Å². The highest BCUT2D eigenvalue weighted by Gasteiger charge is 2.22. The van der Waals surface area contributed by atoms with Crippen molar-refractivity contribution in [2.24, 2.45) is 0 Å². The van der Waals surface area contributed by atoms with E-state index in [1.165, 1.54) is 18.2 Å². The molecule has 0 atom stereocenters. The number of aromatic nitrogens is 3. The molecule has 0 aliphatic rings. The van der Waals surface area contributed by atoms with Gasteiger partial charge in [0.2, 0.25) is 0 Å². The van der Waals surface area contributed by atoms with Crippen molar-refractivity contribution in [1.29, 1.82) is 0 Å². The van der Waals surface area contributed by atoms with Crippen LogP contribution >= 0.6 is 0 Å². The quantitative estimate of drug-likeness (QED) is 0.526. The van der Waals surface area contributed by atoms with Gasteiger partial charge in [-0.3, -0.25) is 4.79 Å². The Kier molecular flexibility index (Phi) is 4.75. The third-order valence-electron chi connectivity index (χ3n) is 4.41. The maximum absolute atomic E-state index is 14.0. The third-order valence-corrected chi connectivity index (χ3v) is 4.41. The van der Waals surface area contributed by atoms with Gasteiger partial charge in [0.1, 0.15) is 17.1 Å². The summed E-state index contributed by atoms with van der Waals surface area (Å²) in [5.74, 6) is -1.30. The van der Waals surface area contributed by atoms with Crippen LogP contribution in [0.25, 0.3) is 16.9 Å². The van der Waals surface area contributed by atoms with E-state index < -0.39 is 23.8 Å². The number of carbonyl (C=O) groups excluding carboxylic acids is 1. The lowest BCUT2D eigenvalue weighted by Crippen LogP contribution is -2.14. The SMILES string of the molecule is Cc1ccc(F)c(NC(=O)c2cnn3c(C(F)F)cc(-c4ccccc4)nc23)c1. The number of nitrogens with one attached hydrogen (secondary N) is 1. The molecule has 1 amide bonds. The number of amides is 1. The molecule has 4 aromatic rings. The number of anilines is 1. The number of rotatable bonds is 4. The lowest BCUT2D eigenvalue weighted by atomic mass is 10.1. The summed E-state index contributed by atoms with van der Waals surface area (Å²) >= 11 is 0. The predicted molar refractivity (Wildman–Crippen MR) is 102 cm³/mol. The van der Waals surface area contributed by atoms with Gasteiger partial charge in [-0.1, -0.05) is 36.4 Å². The highest BCUT2D eigenvalue weighted by Crippen LogP contribution is 2.27. The van der Waals surface area contributed by atoms with Crippen molar-refractivity contribution >= 4 is 17.2 Å². The Bertz CT molecular complexity index is 1210. The van der Waals surface area contributed by atoms with Crippen molar-refractivity contribution in [1.82, 2.24) is 14.6 Å². The first-order chi connectivity index (χ1) is 13.9. The van der Waals surface area contributed by atoms with Crippen LogP contribution in [-0.4, -0.2) is 20.5 Å². The van der Waals surface area contributed by atoms with Gasteiger partial charge in [-0.25, -0.2) is 22.7 Å². The molecule has 29 heavy (non-hydrogen) atoms. The van der Waals surface area contributed by atoms with Gasteiger partial charge < -0.3 is 5.32 Å². The second kappa shape index (κ2) is 7.38. The average molecular weight is 396 g/mol. The van der Waals surface area contributed by atoms with E-state index in [1.807, 2.05) is 0 Å². The van der Waals surface area contributed by atoms with Gasteiger partial charge in [0.05, 0.1) is 17.6 Å². The molecule has 2 heterocycles. The van der Waals surface area contributed by atoms with Crippen LogP contribution in [0.4, 0.5) is 18.9 Å². The standard InChI is InChI=1S/C21H15F3N4O/c1-12-7-8-15(22)17(9-12)27-21(29)14-11-25-28-18(19(23)24)10-16(26-20(14)28)13-5-3-2-4-6-13/h2-11,19H,1H3,(H,27,29). The lowest BCUT2D eigenvalue weighted by molar-refractivity contribution is 0.102. The van der Waals surface area contributed by atoms with E-state index in [4.69, 9.17) is 0 Å². The molecule has 0 bridgehead atoms. The maximum atomic E-state index is 14.0. The van der Waals surface area contributed by atoms with Crippen LogP contribution in [0.1, 0.15) is 28.0 Å². The van der Waals surface area contributed by atoms with Crippen molar-refractivity contribution < 1.29 is 18.0 Å². The first kappa shape index (κ1) is 18.7. The molecule has 0 aliphatic carbocycles. The topological polar surface area (TPSA) is 59.3 Å². The molecule has 8 heteroatoms. The normalized spacial score (nSPS) is 11.2. The van der Waals surface area contributed by atoms with E-state index in [9.17, 15) is 18.0 Å². The molecule has 5 nitrogen and oxygen atoms in total. The fourth-order valence-corrected chi connectivity index (χ4v) is 2.98. The number of hydrogen-bond donors (Lipinski definition) is 1. The smallest absolute Gasteiger partial charge is 0.280 e. The summed E-state index contributed by atoms with van der Waals surface area (Å²) in [5.41, 5.74) is 1.18. The molecule has 0 saturated carbocycles. The van der Waals surface area contributed by atoms with Crippen LogP contribution in [0.3, 0.4) is 0 Å². The number of alkyl halides is 2. The number of nitrogens with zero attached hydrogens (tertiary/aromatic N) is 3. The van der Waals surface area contributed by atoms with Gasteiger partial charge in [0.25, 0.3) is 12.3 Å². The molecule has 0 unspecified atom stereocenters.